The summed E-state index contributed by atoms with van der Waals surface area (Å²) in [4.78, 5) is 9.59. The highest BCUT2D eigenvalue weighted by Gasteiger charge is 1.63. The molecular weight excluding hydrogens is 88.1 g/mol. The predicted molar refractivity (Wildman–Crippen MR) is 29.0 cm³/mol. The summed E-state index contributed by atoms with van der Waals surface area (Å²) in [5.41, 5.74) is 2.77. The minimum Gasteiger partial charge on any atom is -0.303 e. The van der Waals surface area contributed by atoms with Crippen LogP contribution in [-0.2, 0) is 4.79 Å². The van der Waals surface area contributed by atoms with Crippen LogP contribution >= 0.6 is 0 Å². The molecule has 0 spiro atoms. The highest BCUT2D eigenvalue weighted by Crippen LogP contribution is 1.70. The van der Waals surface area contributed by atoms with Gasteiger partial charge in [-0.15, -0.1) is 5.73 Å². The summed E-state index contributed by atoms with van der Waals surface area (Å²) < 4.78 is 0. The number of allylic oxidation sites excluding steroid dienone is 1. The third-order valence-electron chi connectivity index (χ3n) is 0.499. The largest absolute Gasteiger partial charge is 0.303 e. The van der Waals surface area contributed by atoms with E-state index in [2.05, 4.69) is 5.73 Å². The van der Waals surface area contributed by atoms with Gasteiger partial charge in [0, 0.05) is 6.42 Å². The van der Waals surface area contributed by atoms with Crippen molar-refractivity contribution in [3.8, 4) is 0 Å². The van der Waals surface area contributed by atoms with Crippen molar-refractivity contribution in [3.05, 3.63) is 17.9 Å². The van der Waals surface area contributed by atoms with Gasteiger partial charge < -0.3 is 4.79 Å². The molecule has 0 saturated carbocycles. The summed E-state index contributed by atoms with van der Waals surface area (Å²) in [6, 6.07) is 0. The van der Waals surface area contributed by atoms with Crippen LogP contribution in [0.25, 0.3) is 0 Å². The summed E-state index contributed by atoms with van der Waals surface area (Å²) in [5.74, 6) is 0. The van der Waals surface area contributed by atoms with Crippen LogP contribution in [0.15, 0.2) is 17.9 Å². The molecular formula is C6H8O. The molecule has 0 heterocycles. The van der Waals surface area contributed by atoms with Crippen molar-refractivity contribution in [2.45, 2.75) is 13.3 Å². The minimum atomic E-state index is 0.477. The summed E-state index contributed by atoms with van der Waals surface area (Å²) in [6.07, 6.45) is 4.78. The lowest BCUT2D eigenvalue weighted by Crippen LogP contribution is -1.60. The Balaban J connectivity index is 3.27. The van der Waals surface area contributed by atoms with E-state index in [9.17, 15) is 4.79 Å². The molecule has 1 nitrogen and oxygen atoms in total. The van der Waals surface area contributed by atoms with E-state index < -0.39 is 0 Å². The lowest BCUT2D eigenvalue weighted by Gasteiger charge is -1.63. The Morgan fingerprint density at radius 1 is 1.71 bits per heavy atom. The van der Waals surface area contributed by atoms with E-state index in [1.54, 1.807) is 12.2 Å². The lowest BCUT2D eigenvalue weighted by atomic mass is 10.4. The van der Waals surface area contributed by atoms with Gasteiger partial charge >= 0.3 is 0 Å². The molecule has 0 unspecified atom stereocenters. The third-order valence-corrected chi connectivity index (χ3v) is 0.499. The molecule has 0 saturated heterocycles. The molecule has 0 aliphatic heterocycles. The Bertz CT molecular complexity index is 96.7. The molecule has 38 valence electrons. The SMILES string of the molecule is CC=C=CCC=O. The molecule has 0 amide bonds. The molecule has 0 atom stereocenters. The average molecular weight is 96.1 g/mol. The van der Waals surface area contributed by atoms with Crippen LogP contribution in [-0.4, -0.2) is 6.29 Å². The van der Waals surface area contributed by atoms with Crippen LogP contribution in [0.1, 0.15) is 13.3 Å². The van der Waals surface area contributed by atoms with E-state index in [4.69, 9.17) is 0 Å². The van der Waals surface area contributed by atoms with Gasteiger partial charge in [0.1, 0.15) is 6.29 Å². The van der Waals surface area contributed by atoms with Crippen molar-refractivity contribution < 1.29 is 4.79 Å². The molecule has 0 radical (unpaired) electrons. The Labute approximate surface area is 43.3 Å². The number of carbonyl (C=O) groups excluding carboxylic acids is 1. The first kappa shape index (κ1) is 6.19. The fourth-order valence-corrected chi connectivity index (χ4v) is 0.234. The molecule has 7 heavy (non-hydrogen) atoms. The van der Waals surface area contributed by atoms with Crippen LogP contribution < -0.4 is 0 Å². The van der Waals surface area contributed by atoms with E-state index in [1.807, 2.05) is 6.92 Å². The van der Waals surface area contributed by atoms with Gasteiger partial charge in [0.15, 0.2) is 0 Å². The van der Waals surface area contributed by atoms with Crippen molar-refractivity contribution in [1.29, 1.82) is 0 Å². The van der Waals surface area contributed by atoms with Gasteiger partial charge in [-0.25, -0.2) is 0 Å². The Hall–Kier alpha value is -0.810. The summed E-state index contributed by atoms with van der Waals surface area (Å²) in [5, 5.41) is 0. The minimum absolute atomic E-state index is 0.477. The second-order valence-electron chi connectivity index (χ2n) is 1.06. The standard InChI is InChI=1S/C6H8O/c1-2-3-4-5-6-7/h2,4,6H,5H2,1H3. The molecule has 1 heteroatoms. The first-order valence-corrected chi connectivity index (χ1v) is 2.21. The normalized spacial score (nSPS) is 6.43. The van der Waals surface area contributed by atoms with Gasteiger partial charge in [-0.2, -0.15) is 0 Å². The van der Waals surface area contributed by atoms with Gasteiger partial charge in [-0.3, -0.25) is 0 Å². The average Bonchev–Trinajstić information content (AvgIpc) is 1.69. The summed E-state index contributed by atoms with van der Waals surface area (Å²) in [7, 11) is 0. The van der Waals surface area contributed by atoms with Crippen LogP contribution in [0.5, 0.6) is 0 Å². The Morgan fingerprint density at radius 2 is 2.43 bits per heavy atom. The third kappa shape index (κ3) is 5.19. The zero-order valence-corrected chi connectivity index (χ0v) is 4.35. The van der Waals surface area contributed by atoms with Crippen molar-refractivity contribution in [3.63, 3.8) is 0 Å². The predicted octanol–water partition coefficient (Wildman–Crippen LogP) is 1.31. The smallest absolute Gasteiger partial charge is 0.124 e. The number of hydrogen-bond acceptors (Lipinski definition) is 1. The maximum atomic E-state index is 9.59. The van der Waals surface area contributed by atoms with Gasteiger partial charge in [-0.1, -0.05) is 0 Å². The second kappa shape index (κ2) is 5.19. The molecule has 0 bridgehead atoms. The van der Waals surface area contributed by atoms with Gasteiger partial charge in [0.2, 0.25) is 0 Å². The van der Waals surface area contributed by atoms with Crippen LogP contribution in [0, 0.1) is 0 Å². The van der Waals surface area contributed by atoms with Crippen LogP contribution in [0.3, 0.4) is 0 Å². The first-order chi connectivity index (χ1) is 3.41. The van der Waals surface area contributed by atoms with Crippen LogP contribution in [0.4, 0.5) is 0 Å². The molecule has 0 fully saturated rings. The molecule has 0 rings (SSSR count). The monoisotopic (exact) mass is 96.1 g/mol. The first-order valence-electron chi connectivity index (χ1n) is 2.21. The zero-order valence-electron chi connectivity index (χ0n) is 4.35. The van der Waals surface area contributed by atoms with Crippen molar-refractivity contribution >= 4 is 6.29 Å². The summed E-state index contributed by atoms with van der Waals surface area (Å²) in [6.45, 7) is 1.86. The number of hydrogen-bond donors (Lipinski definition) is 0. The topological polar surface area (TPSA) is 17.1 Å². The fourth-order valence-electron chi connectivity index (χ4n) is 0.234. The number of aldehydes is 1. The molecule has 0 aliphatic carbocycles. The van der Waals surface area contributed by atoms with Crippen molar-refractivity contribution in [2.24, 2.45) is 0 Å². The fraction of sp³-hybridized carbons (Fsp3) is 0.333. The maximum Gasteiger partial charge on any atom is 0.124 e. The van der Waals surface area contributed by atoms with Gasteiger partial charge in [-0.05, 0) is 19.1 Å². The van der Waals surface area contributed by atoms with Crippen molar-refractivity contribution in [2.75, 3.05) is 0 Å². The zero-order chi connectivity index (χ0) is 5.54. The highest BCUT2D eigenvalue weighted by molar-refractivity contribution is 5.51. The molecule has 0 aromatic heterocycles. The van der Waals surface area contributed by atoms with E-state index in [0.717, 1.165) is 6.29 Å². The molecule has 0 N–H and O–H groups in total. The van der Waals surface area contributed by atoms with Crippen molar-refractivity contribution in [1.82, 2.24) is 0 Å². The quantitative estimate of drug-likeness (QED) is 0.374. The Kier molecular flexibility index (Phi) is 4.59. The number of carbonyl (C=O) groups is 1. The van der Waals surface area contributed by atoms with E-state index in [1.165, 1.54) is 0 Å². The molecule has 0 aliphatic rings. The van der Waals surface area contributed by atoms with Gasteiger partial charge in [0.05, 0.1) is 0 Å². The highest BCUT2D eigenvalue weighted by atomic mass is 16.1. The number of rotatable bonds is 2. The molecule has 0 aromatic rings. The maximum absolute atomic E-state index is 9.59. The summed E-state index contributed by atoms with van der Waals surface area (Å²) >= 11 is 0. The van der Waals surface area contributed by atoms with E-state index >= 15 is 0 Å². The molecule has 0 aromatic carbocycles. The van der Waals surface area contributed by atoms with Gasteiger partial charge in [0.25, 0.3) is 0 Å². The lowest BCUT2D eigenvalue weighted by molar-refractivity contribution is -0.107. The van der Waals surface area contributed by atoms with E-state index in [0.29, 0.717) is 6.42 Å². The second-order valence-corrected chi connectivity index (χ2v) is 1.06. The van der Waals surface area contributed by atoms with E-state index in [-0.39, 0.29) is 0 Å². The van der Waals surface area contributed by atoms with Crippen LogP contribution in [0.2, 0.25) is 0 Å². The Morgan fingerprint density at radius 3 is 2.86 bits per heavy atom.